The van der Waals surface area contributed by atoms with E-state index in [2.05, 4.69) is 10.6 Å². The Morgan fingerprint density at radius 2 is 2.10 bits per heavy atom. The van der Waals surface area contributed by atoms with Crippen molar-refractivity contribution in [3.8, 4) is 11.5 Å². The van der Waals surface area contributed by atoms with Crippen molar-refractivity contribution in [2.45, 2.75) is 31.7 Å². The summed E-state index contributed by atoms with van der Waals surface area (Å²) in [5, 5.41) is 6.21. The lowest BCUT2D eigenvalue weighted by molar-refractivity contribution is -0.118. The number of anilines is 1. The highest BCUT2D eigenvalue weighted by Gasteiger charge is 2.20. The molecule has 1 fully saturated rings. The van der Waals surface area contributed by atoms with Crippen LogP contribution in [-0.2, 0) is 4.79 Å². The minimum atomic E-state index is -0.121. The maximum absolute atomic E-state index is 12.3. The van der Waals surface area contributed by atoms with Crippen molar-refractivity contribution in [3.05, 3.63) is 18.2 Å². The molecule has 1 unspecified atom stereocenters. The van der Waals surface area contributed by atoms with Crippen LogP contribution < -0.4 is 20.1 Å². The molecule has 5 heteroatoms. The number of benzene rings is 1. The van der Waals surface area contributed by atoms with Crippen molar-refractivity contribution in [2.24, 2.45) is 0 Å². The Kier molecular flexibility index (Phi) is 5.24. The zero-order valence-electron chi connectivity index (χ0n) is 12.1. The summed E-state index contributed by atoms with van der Waals surface area (Å²) in [5.41, 5.74) is 0.671. The van der Waals surface area contributed by atoms with Crippen molar-refractivity contribution in [2.75, 3.05) is 26.1 Å². The van der Waals surface area contributed by atoms with Crippen LogP contribution in [0, 0.1) is 0 Å². The summed E-state index contributed by atoms with van der Waals surface area (Å²) in [6.07, 6.45) is 4.29. The second kappa shape index (κ2) is 7.14. The number of ether oxygens (including phenoxy) is 2. The first-order chi connectivity index (χ1) is 9.74. The summed E-state index contributed by atoms with van der Waals surface area (Å²) in [6.45, 7) is 0.901. The second-order valence-electron chi connectivity index (χ2n) is 4.91. The smallest absolute Gasteiger partial charge is 0.241 e. The van der Waals surface area contributed by atoms with Gasteiger partial charge in [0.05, 0.1) is 25.9 Å². The monoisotopic (exact) mass is 278 g/mol. The minimum Gasteiger partial charge on any atom is -0.497 e. The van der Waals surface area contributed by atoms with E-state index in [1.807, 2.05) is 0 Å². The van der Waals surface area contributed by atoms with Crippen molar-refractivity contribution in [1.29, 1.82) is 0 Å². The molecule has 1 amide bonds. The zero-order chi connectivity index (χ0) is 14.4. The molecule has 2 N–H and O–H groups in total. The van der Waals surface area contributed by atoms with Crippen LogP contribution in [0.25, 0.3) is 0 Å². The molecule has 0 saturated carbocycles. The third-order valence-electron chi connectivity index (χ3n) is 3.54. The average molecular weight is 278 g/mol. The summed E-state index contributed by atoms with van der Waals surface area (Å²) in [4.78, 5) is 12.3. The van der Waals surface area contributed by atoms with Gasteiger partial charge in [-0.3, -0.25) is 4.79 Å². The molecule has 20 heavy (non-hydrogen) atoms. The van der Waals surface area contributed by atoms with Gasteiger partial charge in [-0.1, -0.05) is 12.8 Å². The first kappa shape index (κ1) is 14.7. The van der Waals surface area contributed by atoms with Crippen LogP contribution >= 0.6 is 0 Å². The predicted molar refractivity (Wildman–Crippen MR) is 78.4 cm³/mol. The van der Waals surface area contributed by atoms with Gasteiger partial charge in [0, 0.05) is 6.07 Å². The Hall–Kier alpha value is -1.75. The second-order valence-corrected chi connectivity index (χ2v) is 4.91. The molecule has 0 aliphatic carbocycles. The standard InChI is InChI=1S/C15H22N2O3/c1-19-11-7-8-12(14(10-11)20-2)17-15(18)13-6-4-3-5-9-16-13/h7-8,10,13,16H,3-6,9H2,1-2H3,(H,17,18). The van der Waals surface area contributed by atoms with Gasteiger partial charge >= 0.3 is 0 Å². The fourth-order valence-corrected chi connectivity index (χ4v) is 2.37. The highest BCUT2D eigenvalue weighted by atomic mass is 16.5. The van der Waals surface area contributed by atoms with Gasteiger partial charge < -0.3 is 20.1 Å². The summed E-state index contributed by atoms with van der Waals surface area (Å²) >= 11 is 0. The molecule has 1 aliphatic rings. The van der Waals surface area contributed by atoms with Gasteiger partial charge in [0.15, 0.2) is 0 Å². The third kappa shape index (κ3) is 3.63. The van der Waals surface area contributed by atoms with Gasteiger partial charge in [-0.2, -0.15) is 0 Å². The molecule has 0 spiro atoms. The molecule has 1 aliphatic heterocycles. The van der Waals surface area contributed by atoms with Gasteiger partial charge in [-0.15, -0.1) is 0 Å². The van der Waals surface area contributed by atoms with Crippen LogP contribution in [0.1, 0.15) is 25.7 Å². The van der Waals surface area contributed by atoms with Crippen molar-refractivity contribution in [3.63, 3.8) is 0 Å². The van der Waals surface area contributed by atoms with E-state index in [9.17, 15) is 4.79 Å². The molecule has 1 atom stereocenters. The van der Waals surface area contributed by atoms with Crippen LogP contribution in [0.4, 0.5) is 5.69 Å². The normalized spacial score (nSPS) is 19.0. The molecular formula is C15H22N2O3. The lowest BCUT2D eigenvalue weighted by Crippen LogP contribution is -2.39. The van der Waals surface area contributed by atoms with E-state index in [4.69, 9.17) is 9.47 Å². The predicted octanol–water partition coefficient (Wildman–Crippen LogP) is 2.17. The van der Waals surface area contributed by atoms with Crippen molar-refractivity contribution >= 4 is 11.6 Å². The Labute approximate surface area is 119 Å². The van der Waals surface area contributed by atoms with E-state index < -0.39 is 0 Å². The first-order valence-corrected chi connectivity index (χ1v) is 7.01. The van der Waals surface area contributed by atoms with E-state index in [0.29, 0.717) is 17.2 Å². The maximum Gasteiger partial charge on any atom is 0.241 e. The molecule has 0 aromatic heterocycles. The third-order valence-corrected chi connectivity index (χ3v) is 3.54. The Balaban J connectivity index is 2.06. The fourth-order valence-electron chi connectivity index (χ4n) is 2.37. The Morgan fingerprint density at radius 1 is 1.25 bits per heavy atom. The van der Waals surface area contributed by atoms with Crippen molar-refractivity contribution in [1.82, 2.24) is 5.32 Å². The van der Waals surface area contributed by atoms with E-state index in [1.165, 1.54) is 6.42 Å². The van der Waals surface area contributed by atoms with E-state index in [-0.39, 0.29) is 11.9 Å². The van der Waals surface area contributed by atoms with Gasteiger partial charge in [-0.05, 0) is 31.5 Å². The first-order valence-electron chi connectivity index (χ1n) is 7.01. The van der Waals surface area contributed by atoms with Crippen molar-refractivity contribution < 1.29 is 14.3 Å². The number of carbonyl (C=O) groups is 1. The van der Waals surface area contributed by atoms with Crippen LogP contribution in [0.3, 0.4) is 0 Å². The number of hydrogen-bond acceptors (Lipinski definition) is 4. The topological polar surface area (TPSA) is 59.6 Å². The SMILES string of the molecule is COc1ccc(NC(=O)C2CCCCCN2)c(OC)c1. The molecule has 1 aromatic rings. The number of nitrogens with one attached hydrogen (secondary N) is 2. The molecule has 0 bridgehead atoms. The molecule has 2 rings (SSSR count). The molecule has 1 heterocycles. The summed E-state index contributed by atoms with van der Waals surface area (Å²) in [5.74, 6) is 1.30. The molecule has 5 nitrogen and oxygen atoms in total. The molecule has 0 radical (unpaired) electrons. The number of hydrogen-bond donors (Lipinski definition) is 2. The van der Waals surface area contributed by atoms with Crippen LogP contribution in [0.5, 0.6) is 11.5 Å². The molecular weight excluding hydrogens is 256 g/mol. The highest BCUT2D eigenvalue weighted by Crippen LogP contribution is 2.29. The molecule has 1 saturated heterocycles. The van der Waals surface area contributed by atoms with Crippen LogP contribution in [-0.4, -0.2) is 32.7 Å². The highest BCUT2D eigenvalue weighted by molar-refractivity contribution is 5.96. The quantitative estimate of drug-likeness (QED) is 0.886. The summed E-state index contributed by atoms with van der Waals surface area (Å²) in [7, 11) is 3.18. The van der Waals surface area contributed by atoms with E-state index >= 15 is 0 Å². The lowest BCUT2D eigenvalue weighted by atomic mass is 10.1. The maximum atomic E-state index is 12.3. The number of rotatable bonds is 4. The zero-order valence-corrected chi connectivity index (χ0v) is 12.1. The number of amides is 1. The van der Waals surface area contributed by atoms with E-state index in [0.717, 1.165) is 25.8 Å². The van der Waals surface area contributed by atoms with Gasteiger partial charge in [-0.25, -0.2) is 0 Å². The summed E-state index contributed by atoms with van der Waals surface area (Å²) in [6, 6.07) is 5.24. The van der Waals surface area contributed by atoms with Crippen LogP contribution in [0.15, 0.2) is 18.2 Å². The number of methoxy groups -OCH3 is 2. The number of carbonyl (C=O) groups excluding carboxylic acids is 1. The molecule has 1 aromatic carbocycles. The summed E-state index contributed by atoms with van der Waals surface area (Å²) < 4.78 is 10.4. The van der Waals surface area contributed by atoms with Gasteiger partial charge in [0.2, 0.25) is 5.91 Å². The average Bonchev–Trinajstić information content (AvgIpc) is 2.76. The molecule has 110 valence electrons. The van der Waals surface area contributed by atoms with Gasteiger partial charge in [0.1, 0.15) is 11.5 Å². The van der Waals surface area contributed by atoms with E-state index in [1.54, 1.807) is 32.4 Å². The van der Waals surface area contributed by atoms with Gasteiger partial charge in [0.25, 0.3) is 0 Å². The Bertz CT molecular complexity index is 454. The largest absolute Gasteiger partial charge is 0.497 e. The minimum absolute atomic E-state index is 0.00429. The lowest BCUT2D eigenvalue weighted by Gasteiger charge is -2.17. The Morgan fingerprint density at radius 3 is 2.85 bits per heavy atom. The van der Waals surface area contributed by atoms with Crippen LogP contribution in [0.2, 0.25) is 0 Å². The fraction of sp³-hybridized carbons (Fsp3) is 0.533.